The number of aromatic amines is 1. The maximum absolute atomic E-state index is 13.0. The Hall–Kier alpha value is -3.74. The van der Waals surface area contributed by atoms with Gasteiger partial charge in [-0.25, -0.2) is 4.79 Å². The van der Waals surface area contributed by atoms with Crippen molar-refractivity contribution in [2.75, 3.05) is 6.61 Å². The number of H-pyrrole nitrogens is 1. The number of rotatable bonds is 3. The van der Waals surface area contributed by atoms with Crippen molar-refractivity contribution in [1.82, 2.24) is 4.98 Å². The minimum absolute atomic E-state index is 0.0170. The lowest BCUT2D eigenvalue weighted by molar-refractivity contribution is -0.139. The van der Waals surface area contributed by atoms with Gasteiger partial charge in [0, 0.05) is 10.9 Å². The van der Waals surface area contributed by atoms with Gasteiger partial charge < -0.3 is 25.3 Å². The van der Waals surface area contributed by atoms with E-state index in [0.717, 1.165) is 0 Å². The first-order chi connectivity index (χ1) is 13.5. The Kier molecular flexibility index (Phi) is 4.27. The van der Waals surface area contributed by atoms with Gasteiger partial charge in [-0.05, 0) is 25.1 Å². The summed E-state index contributed by atoms with van der Waals surface area (Å²) in [6.45, 7) is 1.80. The van der Waals surface area contributed by atoms with Crippen LogP contribution < -0.4 is 16.0 Å². The molecule has 0 saturated carbocycles. The Bertz CT molecular complexity index is 1180. The standard InChI is InChI=1S/C21H18N2O5/c1-2-27-21(26)17-15(12-8-4-6-10-14(12)24)16-18(28-19(17)22)11-7-3-5-9-13(11)23-20(16)25/h3-10,15,24H,2,22H2,1H3,(H,23,25)/t15-/m1/s1. The van der Waals surface area contributed by atoms with Crippen LogP contribution in [0.2, 0.25) is 0 Å². The summed E-state index contributed by atoms with van der Waals surface area (Å²) in [6, 6.07) is 13.6. The van der Waals surface area contributed by atoms with Crippen LogP contribution >= 0.6 is 0 Å². The van der Waals surface area contributed by atoms with Gasteiger partial charge >= 0.3 is 5.97 Å². The molecular formula is C21H18N2O5. The van der Waals surface area contributed by atoms with E-state index < -0.39 is 17.4 Å². The zero-order valence-corrected chi connectivity index (χ0v) is 15.1. The van der Waals surface area contributed by atoms with Gasteiger partial charge in [0.05, 0.1) is 23.6 Å². The van der Waals surface area contributed by atoms with Crippen LogP contribution in [0.1, 0.15) is 24.0 Å². The molecule has 7 nitrogen and oxygen atoms in total. The van der Waals surface area contributed by atoms with E-state index in [1.807, 2.05) is 0 Å². The number of nitrogens with one attached hydrogen (secondary N) is 1. The van der Waals surface area contributed by atoms with Crippen molar-refractivity contribution in [2.45, 2.75) is 12.8 Å². The second kappa shape index (κ2) is 6.77. The van der Waals surface area contributed by atoms with E-state index in [0.29, 0.717) is 16.5 Å². The van der Waals surface area contributed by atoms with Gasteiger partial charge in [0.1, 0.15) is 17.1 Å². The fraction of sp³-hybridized carbons (Fsp3) is 0.143. The Morgan fingerprint density at radius 1 is 1.21 bits per heavy atom. The lowest BCUT2D eigenvalue weighted by atomic mass is 9.82. The first-order valence-corrected chi connectivity index (χ1v) is 8.80. The van der Waals surface area contributed by atoms with Crippen LogP contribution in [-0.2, 0) is 9.53 Å². The number of para-hydroxylation sites is 2. The third kappa shape index (κ3) is 2.68. The number of fused-ring (bicyclic) bond motifs is 3. The highest BCUT2D eigenvalue weighted by Crippen LogP contribution is 2.45. The predicted molar refractivity (Wildman–Crippen MR) is 103 cm³/mol. The summed E-state index contributed by atoms with van der Waals surface area (Å²) in [6.07, 6.45) is 0. The second-order valence-electron chi connectivity index (χ2n) is 6.33. The number of aromatic nitrogens is 1. The second-order valence-corrected chi connectivity index (χ2v) is 6.33. The SMILES string of the molecule is CCOC(=O)C1=C(N)Oc2c(c(=O)[nH]c3ccccc23)[C@H]1c1ccccc1O. The van der Waals surface area contributed by atoms with Gasteiger partial charge in [0.2, 0.25) is 5.88 Å². The third-order valence-corrected chi connectivity index (χ3v) is 4.71. The Morgan fingerprint density at radius 3 is 2.68 bits per heavy atom. The van der Waals surface area contributed by atoms with Crippen molar-refractivity contribution >= 4 is 16.9 Å². The topological polar surface area (TPSA) is 115 Å². The fourth-order valence-corrected chi connectivity index (χ4v) is 3.52. The molecule has 1 aliphatic heterocycles. The number of carbonyl (C=O) groups excluding carboxylic acids is 1. The van der Waals surface area contributed by atoms with E-state index in [2.05, 4.69) is 4.98 Å². The number of phenols is 1. The molecule has 0 unspecified atom stereocenters. The summed E-state index contributed by atoms with van der Waals surface area (Å²) >= 11 is 0. The van der Waals surface area contributed by atoms with Gasteiger partial charge in [-0.3, -0.25) is 4.79 Å². The fourth-order valence-electron chi connectivity index (χ4n) is 3.52. The molecule has 28 heavy (non-hydrogen) atoms. The van der Waals surface area contributed by atoms with E-state index in [1.165, 1.54) is 6.07 Å². The van der Waals surface area contributed by atoms with Gasteiger partial charge in [0.25, 0.3) is 5.56 Å². The van der Waals surface area contributed by atoms with Crippen LogP contribution in [-0.4, -0.2) is 22.7 Å². The molecule has 0 fully saturated rings. The average molecular weight is 378 g/mol. The van der Waals surface area contributed by atoms with Crippen molar-refractivity contribution in [3.8, 4) is 11.5 Å². The van der Waals surface area contributed by atoms with Crippen LogP contribution in [0.4, 0.5) is 0 Å². The number of hydrogen-bond acceptors (Lipinski definition) is 6. The van der Waals surface area contributed by atoms with Crippen molar-refractivity contribution in [3.05, 3.63) is 81.5 Å². The Labute approximate surface area is 160 Å². The molecule has 0 amide bonds. The molecule has 4 N–H and O–H groups in total. The quantitative estimate of drug-likeness (QED) is 0.603. The summed E-state index contributed by atoms with van der Waals surface area (Å²) < 4.78 is 10.9. The lowest BCUT2D eigenvalue weighted by Crippen LogP contribution is -2.32. The maximum atomic E-state index is 13.0. The first kappa shape index (κ1) is 17.7. The average Bonchev–Trinajstić information content (AvgIpc) is 2.67. The molecule has 0 radical (unpaired) electrons. The smallest absolute Gasteiger partial charge is 0.340 e. The maximum Gasteiger partial charge on any atom is 0.340 e. The number of ether oxygens (including phenoxy) is 2. The molecule has 0 bridgehead atoms. The Balaban J connectivity index is 2.07. The van der Waals surface area contributed by atoms with E-state index >= 15 is 0 Å². The van der Waals surface area contributed by atoms with Crippen LogP contribution in [0.15, 0.2) is 64.8 Å². The summed E-state index contributed by atoms with van der Waals surface area (Å²) in [5.74, 6) is -1.60. The van der Waals surface area contributed by atoms with Crippen molar-refractivity contribution < 1.29 is 19.4 Å². The normalized spacial score (nSPS) is 15.8. The molecule has 4 rings (SSSR count). The monoisotopic (exact) mass is 378 g/mol. The van der Waals surface area contributed by atoms with Crippen molar-refractivity contribution in [3.63, 3.8) is 0 Å². The molecule has 2 aromatic carbocycles. The summed E-state index contributed by atoms with van der Waals surface area (Å²) in [7, 11) is 0. The van der Waals surface area contributed by atoms with Crippen LogP contribution in [0, 0.1) is 0 Å². The first-order valence-electron chi connectivity index (χ1n) is 8.80. The molecule has 0 saturated heterocycles. The molecule has 7 heteroatoms. The lowest BCUT2D eigenvalue weighted by Gasteiger charge is -2.28. The number of esters is 1. The third-order valence-electron chi connectivity index (χ3n) is 4.71. The van der Waals surface area contributed by atoms with E-state index in [9.17, 15) is 14.7 Å². The number of nitrogens with two attached hydrogens (primary N) is 1. The van der Waals surface area contributed by atoms with Crippen LogP contribution in [0.5, 0.6) is 11.5 Å². The zero-order valence-electron chi connectivity index (χ0n) is 15.1. The van der Waals surface area contributed by atoms with Crippen LogP contribution in [0.3, 0.4) is 0 Å². The largest absolute Gasteiger partial charge is 0.508 e. The van der Waals surface area contributed by atoms with Crippen molar-refractivity contribution in [1.29, 1.82) is 0 Å². The number of hydrogen-bond donors (Lipinski definition) is 3. The molecule has 2 heterocycles. The minimum Gasteiger partial charge on any atom is -0.508 e. The van der Waals surface area contributed by atoms with Gasteiger partial charge in [0.15, 0.2) is 0 Å². The summed E-state index contributed by atoms with van der Waals surface area (Å²) in [5.41, 5.74) is 6.79. The number of carbonyl (C=O) groups is 1. The molecule has 3 aromatic rings. The van der Waals surface area contributed by atoms with E-state index in [1.54, 1.807) is 49.4 Å². The summed E-state index contributed by atoms with van der Waals surface area (Å²) in [4.78, 5) is 28.4. The molecule has 1 aromatic heterocycles. The van der Waals surface area contributed by atoms with E-state index in [-0.39, 0.29) is 35.1 Å². The highest BCUT2D eigenvalue weighted by molar-refractivity contribution is 5.95. The number of phenolic OH excluding ortho intramolecular Hbond substituents is 1. The Morgan fingerprint density at radius 2 is 1.93 bits per heavy atom. The zero-order chi connectivity index (χ0) is 19.8. The highest BCUT2D eigenvalue weighted by atomic mass is 16.5. The highest BCUT2D eigenvalue weighted by Gasteiger charge is 2.39. The predicted octanol–water partition coefficient (Wildman–Crippen LogP) is 2.49. The number of pyridine rings is 1. The minimum atomic E-state index is -0.933. The van der Waals surface area contributed by atoms with E-state index in [4.69, 9.17) is 15.2 Å². The van der Waals surface area contributed by atoms with Crippen LogP contribution in [0.25, 0.3) is 10.9 Å². The summed E-state index contributed by atoms with van der Waals surface area (Å²) in [5, 5.41) is 11.1. The van der Waals surface area contributed by atoms with Gasteiger partial charge in [-0.15, -0.1) is 0 Å². The molecule has 1 aliphatic rings. The molecular weight excluding hydrogens is 360 g/mol. The van der Waals surface area contributed by atoms with Gasteiger partial charge in [-0.2, -0.15) is 0 Å². The molecule has 1 atom stereocenters. The van der Waals surface area contributed by atoms with Gasteiger partial charge in [-0.1, -0.05) is 30.3 Å². The number of benzene rings is 2. The number of aromatic hydroxyl groups is 1. The molecule has 142 valence electrons. The molecule has 0 aliphatic carbocycles. The molecule has 0 spiro atoms. The van der Waals surface area contributed by atoms with Crippen molar-refractivity contribution in [2.24, 2.45) is 5.73 Å².